The number of nitrogens with zero attached hydrogens (tertiary/aromatic N) is 1. The third-order valence-electron chi connectivity index (χ3n) is 3.31. The predicted octanol–water partition coefficient (Wildman–Crippen LogP) is 0.251. The molecule has 0 aromatic heterocycles. The van der Waals surface area contributed by atoms with Crippen LogP contribution in [0.2, 0.25) is 0 Å². The van der Waals surface area contributed by atoms with E-state index in [0.29, 0.717) is 18.4 Å². The van der Waals surface area contributed by atoms with Gasteiger partial charge in [-0.2, -0.15) is 4.31 Å². The maximum absolute atomic E-state index is 11.8. The molecular formula is C9H20N2O2S. The van der Waals surface area contributed by atoms with Crippen LogP contribution in [0.5, 0.6) is 0 Å². The first-order valence-corrected chi connectivity index (χ1v) is 6.70. The molecular weight excluding hydrogens is 200 g/mol. The minimum Gasteiger partial charge on any atom is -0.329 e. The molecule has 0 amide bonds. The molecule has 2 N–H and O–H groups in total. The lowest BCUT2D eigenvalue weighted by Gasteiger charge is -2.22. The average molecular weight is 220 g/mol. The molecule has 0 radical (unpaired) electrons. The standard InChI is InChI=1S/C9H20N2O2S/c1-7-6-11(9(3)8(7)2)14(12,13)5-4-10/h7-9H,4-6,10H2,1-3H3. The van der Waals surface area contributed by atoms with Crippen molar-refractivity contribution in [2.75, 3.05) is 18.8 Å². The van der Waals surface area contributed by atoms with E-state index in [0.717, 1.165) is 0 Å². The first kappa shape index (κ1) is 11.9. The largest absolute Gasteiger partial charge is 0.329 e. The molecule has 3 atom stereocenters. The van der Waals surface area contributed by atoms with Crippen molar-refractivity contribution in [3.63, 3.8) is 0 Å². The first-order valence-electron chi connectivity index (χ1n) is 5.09. The highest BCUT2D eigenvalue weighted by molar-refractivity contribution is 7.89. The zero-order valence-corrected chi connectivity index (χ0v) is 9.92. The van der Waals surface area contributed by atoms with E-state index in [1.54, 1.807) is 4.31 Å². The Morgan fingerprint density at radius 2 is 1.93 bits per heavy atom. The molecule has 1 fully saturated rings. The molecule has 0 bridgehead atoms. The Bertz CT molecular complexity index is 289. The van der Waals surface area contributed by atoms with Crippen LogP contribution in [0.3, 0.4) is 0 Å². The van der Waals surface area contributed by atoms with Gasteiger partial charge in [0, 0.05) is 19.1 Å². The van der Waals surface area contributed by atoms with Gasteiger partial charge in [0.05, 0.1) is 5.75 Å². The van der Waals surface area contributed by atoms with E-state index in [9.17, 15) is 8.42 Å². The second-order valence-electron chi connectivity index (χ2n) is 4.25. The van der Waals surface area contributed by atoms with Crippen molar-refractivity contribution in [2.45, 2.75) is 26.8 Å². The smallest absolute Gasteiger partial charge is 0.215 e. The molecule has 0 aromatic carbocycles. The minimum absolute atomic E-state index is 0.0663. The third-order valence-corrected chi connectivity index (χ3v) is 5.26. The molecule has 84 valence electrons. The summed E-state index contributed by atoms with van der Waals surface area (Å²) in [6.45, 7) is 7.02. The lowest BCUT2D eigenvalue weighted by atomic mass is 9.95. The number of nitrogens with two attached hydrogens (primary N) is 1. The Balaban J connectivity index is 2.81. The molecule has 4 nitrogen and oxygen atoms in total. The van der Waals surface area contributed by atoms with E-state index in [4.69, 9.17) is 5.73 Å². The zero-order valence-electron chi connectivity index (χ0n) is 9.10. The van der Waals surface area contributed by atoms with Gasteiger partial charge in [-0.1, -0.05) is 13.8 Å². The summed E-state index contributed by atoms with van der Waals surface area (Å²) in [4.78, 5) is 0. The highest BCUT2D eigenvalue weighted by atomic mass is 32.2. The van der Waals surface area contributed by atoms with Gasteiger partial charge in [-0.05, 0) is 18.8 Å². The van der Waals surface area contributed by atoms with Crippen LogP contribution in [0, 0.1) is 11.8 Å². The average Bonchev–Trinajstić information content (AvgIpc) is 2.33. The molecule has 1 saturated heterocycles. The molecule has 1 rings (SSSR count). The van der Waals surface area contributed by atoms with Crippen LogP contribution in [0.1, 0.15) is 20.8 Å². The van der Waals surface area contributed by atoms with Crippen LogP contribution in [0.15, 0.2) is 0 Å². The monoisotopic (exact) mass is 220 g/mol. The summed E-state index contributed by atoms with van der Waals surface area (Å²) in [5.74, 6) is 0.941. The van der Waals surface area contributed by atoms with E-state index < -0.39 is 10.0 Å². The fourth-order valence-electron chi connectivity index (χ4n) is 1.99. The summed E-state index contributed by atoms with van der Waals surface area (Å²) in [5, 5.41) is 0. The first-order chi connectivity index (χ1) is 6.40. The Kier molecular flexibility index (Phi) is 3.55. The summed E-state index contributed by atoms with van der Waals surface area (Å²) >= 11 is 0. The zero-order chi connectivity index (χ0) is 10.9. The predicted molar refractivity (Wildman–Crippen MR) is 57.3 cm³/mol. The van der Waals surface area contributed by atoms with Crippen LogP contribution in [-0.2, 0) is 10.0 Å². The molecule has 1 heterocycles. The van der Waals surface area contributed by atoms with Gasteiger partial charge in [0.15, 0.2) is 0 Å². The van der Waals surface area contributed by atoms with Gasteiger partial charge >= 0.3 is 0 Å². The summed E-state index contributed by atoms with van der Waals surface area (Å²) in [6, 6.07) is 0.113. The normalized spacial score (nSPS) is 35.0. The van der Waals surface area contributed by atoms with Gasteiger partial charge in [0.25, 0.3) is 0 Å². The Hall–Kier alpha value is -0.130. The molecule has 14 heavy (non-hydrogen) atoms. The summed E-state index contributed by atoms with van der Waals surface area (Å²) in [5.41, 5.74) is 5.29. The van der Waals surface area contributed by atoms with E-state index in [-0.39, 0.29) is 18.3 Å². The Morgan fingerprint density at radius 3 is 2.29 bits per heavy atom. The van der Waals surface area contributed by atoms with Gasteiger partial charge in [0.1, 0.15) is 0 Å². The van der Waals surface area contributed by atoms with Crippen molar-refractivity contribution in [2.24, 2.45) is 17.6 Å². The fourth-order valence-corrected chi connectivity index (χ4v) is 3.68. The SMILES string of the molecule is CC1CN(S(=O)(=O)CCN)C(C)C1C. The van der Waals surface area contributed by atoms with Gasteiger partial charge in [-0.3, -0.25) is 0 Å². The second kappa shape index (κ2) is 4.16. The fraction of sp³-hybridized carbons (Fsp3) is 1.00. The Morgan fingerprint density at radius 1 is 1.36 bits per heavy atom. The topological polar surface area (TPSA) is 63.4 Å². The maximum atomic E-state index is 11.8. The van der Waals surface area contributed by atoms with Crippen molar-refractivity contribution >= 4 is 10.0 Å². The van der Waals surface area contributed by atoms with Gasteiger partial charge in [0.2, 0.25) is 10.0 Å². The van der Waals surface area contributed by atoms with Crippen LogP contribution < -0.4 is 5.73 Å². The molecule has 0 saturated carbocycles. The minimum atomic E-state index is -3.12. The molecule has 1 aliphatic heterocycles. The number of hydrogen-bond acceptors (Lipinski definition) is 3. The van der Waals surface area contributed by atoms with Crippen molar-refractivity contribution in [3.05, 3.63) is 0 Å². The van der Waals surface area contributed by atoms with E-state index in [2.05, 4.69) is 13.8 Å². The quantitative estimate of drug-likeness (QED) is 0.741. The number of hydrogen-bond donors (Lipinski definition) is 1. The summed E-state index contributed by atoms with van der Waals surface area (Å²) < 4.78 is 25.2. The highest BCUT2D eigenvalue weighted by Gasteiger charge is 2.39. The van der Waals surface area contributed by atoms with Crippen molar-refractivity contribution in [3.8, 4) is 0 Å². The Labute approximate surface area is 86.5 Å². The van der Waals surface area contributed by atoms with E-state index >= 15 is 0 Å². The third kappa shape index (κ3) is 2.10. The van der Waals surface area contributed by atoms with Crippen molar-refractivity contribution in [1.82, 2.24) is 4.31 Å². The van der Waals surface area contributed by atoms with Crippen LogP contribution in [0.25, 0.3) is 0 Å². The molecule has 1 aliphatic rings. The number of rotatable bonds is 3. The summed E-state index contributed by atoms with van der Waals surface area (Å²) in [7, 11) is -3.12. The summed E-state index contributed by atoms with van der Waals surface area (Å²) in [6.07, 6.45) is 0. The molecule has 5 heteroatoms. The van der Waals surface area contributed by atoms with Gasteiger partial charge in [-0.15, -0.1) is 0 Å². The van der Waals surface area contributed by atoms with Crippen LogP contribution in [0.4, 0.5) is 0 Å². The van der Waals surface area contributed by atoms with Crippen molar-refractivity contribution in [1.29, 1.82) is 0 Å². The van der Waals surface area contributed by atoms with Crippen LogP contribution in [-0.4, -0.2) is 37.6 Å². The van der Waals surface area contributed by atoms with Crippen molar-refractivity contribution < 1.29 is 8.42 Å². The maximum Gasteiger partial charge on any atom is 0.215 e. The second-order valence-corrected chi connectivity index (χ2v) is 6.29. The highest BCUT2D eigenvalue weighted by Crippen LogP contribution is 2.30. The van der Waals surface area contributed by atoms with E-state index in [1.807, 2.05) is 6.92 Å². The van der Waals surface area contributed by atoms with Gasteiger partial charge < -0.3 is 5.73 Å². The molecule has 3 unspecified atom stereocenters. The van der Waals surface area contributed by atoms with Crippen LogP contribution >= 0.6 is 0 Å². The van der Waals surface area contributed by atoms with Gasteiger partial charge in [-0.25, -0.2) is 8.42 Å². The molecule has 0 spiro atoms. The molecule has 0 aromatic rings. The lowest BCUT2D eigenvalue weighted by Crippen LogP contribution is -2.38. The lowest BCUT2D eigenvalue weighted by molar-refractivity contribution is 0.367. The number of sulfonamides is 1. The molecule has 0 aliphatic carbocycles. The van der Waals surface area contributed by atoms with E-state index in [1.165, 1.54) is 0 Å².